The molecule has 0 atom stereocenters. The van der Waals surface area contributed by atoms with Crippen LogP contribution in [-0.4, -0.2) is 31.4 Å². The molecule has 0 aliphatic carbocycles. The molecule has 0 bridgehead atoms. The van der Waals surface area contributed by atoms with E-state index in [2.05, 4.69) is 14.8 Å². The zero-order valence-electron chi connectivity index (χ0n) is 15.6. The largest absolute Gasteiger partial charge is 1.00 e. The predicted molar refractivity (Wildman–Crippen MR) is 90.9 cm³/mol. The monoisotopic (exact) mass is 405 g/mol. The molecule has 27 heavy (non-hydrogen) atoms. The van der Waals surface area contributed by atoms with Gasteiger partial charge in [-0.15, -0.1) is 0 Å². The second kappa shape index (κ2) is 12.4. The van der Waals surface area contributed by atoms with Gasteiger partial charge in [-0.3, -0.25) is 4.79 Å². The Labute approximate surface area is 183 Å². The number of rotatable bonds is 8. The zero-order valence-corrected chi connectivity index (χ0v) is 17.4. The molecule has 1 amide bonds. The van der Waals surface area contributed by atoms with E-state index < -0.39 is 24.8 Å². The molecular weight excluding hydrogens is 389 g/mol. The van der Waals surface area contributed by atoms with Crippen LogP contribution in [0.4, 0.5) is 4.79 Å². The number of carbonyl (C=O) groups excluding carboxylic acids is 3. The molecule has 0 spiro atoms. The number of halogens is 1. The molecule has 1 aromatic carbocycles. The Bertz CT molecular complexity index is 740. The van der Waals surface area contributed by atoms with Crippen LogP contribution in [0, 0.1) is 0 Å². The van der Waals surface area contributed by atoms with E-state index >= 15 is 0 Å². The predicted octanol–water partition coefficient (Wildman–Crippen LogP) is 0.276. The summed E-state index contributed by atoms with van der Waals surface area (Å²) in [6.45, 7) is -0.356. The Kier molecular flexibility index (Phi) is 10.6. The first-order chi connectivity index (χ1) is 12.5. The van der Waals surface area contributed by atoms with E-state index in [9.17, 15) is 14.4 Å². The first kappa shape index (κ1) is 23.0. The third kappa shape index (κ3) is 8.96. The Morgan fingerprint density at radius 3 is 2.52 bits per heavy atom. The molecule has 0 fully saturated rings. The molecule has 2 rings (SSSR count). The Balaban J connectivity index is 0.00000364. The fraction of sp³-hybridized carbons (Fsp3) is 0.235. The van der Waals surface area contributed by atoms with E-state index in [0.29, 0.717) is 17.2 Å². The summed E-state index contributed by atoms with van der Waals surface area (Å²) in [5.74, 6) is -0.777. The fourth-order valence-corrected chi connectivity index (χ4v) is 1.89. The van der Waals surface area contributed by atoms with E-state index in [1.807, 2.05) is 0 Å². The molecule has 0 saturated carbocycles. The molecule has 8 nitrogen and oxygen atoms in total. The summed E-state index contributed by atoms with van der Waals surface area (Å²) in [6.07, 6.45) is 1.01. The summed E-state index contributed by atoms with van der Waals surface area (Å²) in [7, 11) is 0. The van der Waals surface area contributed by atoms with Crippen LogP contribution in [0.25, 0.3) is 0 Å². The van der Waals surface area contributed by atoms with Crippen LogP contribution in [0.3, 0.4) is 0 Å². The van der Waals surface area contributed by atoms with Crippen LogP contribution in [0.15, 0.2) is 47.1 Å². The minimum atomic E-state index is -0.775. The Morgan fingerprint density at radius 2 is 1.85 bits per heavy atom. The number of nitrogens with one attached hydrogen (secondary N) is 1. The molecule has 10 heteroatoms. The molecule has 0 aliphatic heterocycles. The van der Waals surface area contributed by atoms with Crippen molar-refractivity contribution in [3.8, 4) is 5.75 Å². The number of furan rings is 1. The fourth-order valence-electron chi connectivity index (χ4n) is 1.76. The van der Waals surface area contributed by atoms with Gasteiger partial charge in [-0.2, -0.15) is 0 Å². The first-order valence-electron chi connectivity index (χ1n) is 7.62. The van der Waals surface area contributed by atoms with Crippen molar-refractivity contribution in [1.29, 1.82) is 0 Å². The van der Waals surface area contributed by atoms with Gasteiger partial charge in [0, 0.05) is 18.0 Å². The van der Waals surface area contributed by atoms with Crippen molar-refractivity contribution < 1.29 is 64.0 Å². The van der Waals surface area contributed by atoms with Gasteiger partial charge in [0.05, 0.1) is 6.26 Å². The average Bonchev–Trinajstić information content (AvgIpc) is 3.15. The quantitative estimate of drug-likeness (QED) is 0.221. The molecule has 1 aromatic heterocycles. The molecule has 0 unspecified atom stereocenters. The van der Waals surface area contributed by atoms with E-state index in [-0.39, 0.29) is 49.7 Å². The van der Waals surface area contributed by atoms with E-state index in [4.69, 9.17) is 20.8 Å². The van der Waals surface area contributed by atoms with Crippen LogP contribution in [0.5, 0.6) is 5.75 Å². The first-order valence-corrected chi connectivity index (χ1v) is 8.00. The van der Waals surface area contributed by atoms with Gasteiger partial charge in [-0.05, 0) is 42.8 Å². The van der Waals surface area contributed by atoms with Crippen molar-refractivity contribution in [2.24, 2.45) is 0 Å². The Hall–Kier alpha value is -2.00. The average molecular weight is 406 g/mol. The van der Waals surface area contributed by atoms with Crippen LogP contribution in [0.2, 0.25) is 5.02 Å². The third-order valence-corrected chi connectivity index (χ3v) is 3.23. The number of hydrogen-bond acceptors (Lipinski definition) is 7. The van der Waals surface area contributed by atoms with Gasteiger partial charge >= 0.3 is 47.6 Å². The molecule has 1 heterocycles. The number of ether oxygens (including phenoxy) is 3. The van der Waals surface area contributed by atoms with Crippen molar-refractivity contribution in [3.63, 3.8) is 0 Å². The molecular formula is C17H17ClNNaO7. The summed E-state index contributed by atoms with van der Waals surface area (Å²) in [5.41, 5.74) is 0. The number of benzene rings is 1. The second-order valence-corrected chi connectivity index (χ2v) is 5.35. The second-order valence-electron chi connectivity index (χ2n) is 4.92. The van der Waals surface area contributed by atoms with Gasteiger partial charge in [0.1, 0.15) is 5.75 Å². The summed E-state index contributed by atoms with van der Waals surface area (Å²) in [6, 6.07) is 9.34. The molecule has 1 N–H and O–H groups in total. The van der Waals surface area contributed by atoms with E-state index in [1.165, 1.54) is 18.4 Å². The minimum Gasteiger partial charge on any atom is -1.00 e. The van der Waals surface area contributed by atoms with E-state index in [0.717, 1.165) is 0 Å². The van der Waals surface area contributed by atoms with Crippen LogP contribution >= 0.6 is 11.6 Å². The van der Waals surface area contributed by atoms with E-state index in [1.54, 1.807) is 24.3 Å². The van der Waals surface area contributed by atoms with Crippen molar-refractivity contribution >= 4 is 29.6 Å². The summed E-state index contributed by atoms with van der Waals surface area (Å²) < 4.78 is 19.3. The van der Waals surface area contributed by atoms with Crippen molar-refractivity contribution in [3.05, 3.63) is 53.4 Å². The topological polar surface area (TPSA) is 104 Å². The van der Waals surface area contributed by atoms with Crippen molar-refractivity contribution in [2.75, 3.05) is 13.3 Å². The maximum atomic E-state index is 11.6. The van der Waals surface area contributed by atoms with Gasteiger partial charge in [0.2, 0.25) is 12.6 Å². The number of hydrogen-bond donors (Lipinski definition) is 1. The normalized spacial score (nSPS) is 9.67. The molecule has 0 radical (unpaired) electrons. The smallest absolute Gasteiger partial charge is 1.00 e. The standard InChI is InChI=1S/C17H16ClNO7.Na.H/c18-12-5-7-13(8-6-12)26-15(20)4-1-9-19-17(22)25-11-24-16(21)14-3-2-10-23-14;;/h2-3,5-8,10H,1,4,9,11H2,(H,19,22);;/q;+1;-1. The summed E-state index contributed by atoms with van der Waals surface area (Å²) >= 11 is 5.73. The van der Waals surface area contributed by atoms with Crippen LogP contribution in [0.1, 0.15) is 24.8 Å². The summed E-state index contributed by atoms with van der Waals surface area (Å²) in [4.78, 5) is 34.4. The van der Waals surface area contributed by atoms with Crippen LogP contribution in [-0.2, 0) is 14.3 Å². The number of carbonyl (C=O) groups is 3. The van der Waals surface area contributed by atoms with Gasteiger partial charge in [0.25, 0.3) is 0 Å². The number of esters is 2. The van der Waals surface area contributed by atoms with Crippen LogP contribution < -0.4 is 39.6 Å². The molecule has 0 aliphatic rings. The summed E-state index contributed by atoms with van der Waals surface area (Å²) in [5, 5.41) is 2.96. The zero-order chi connectivity index (χ0) is 18.8. The minimum absolute atomic E-state index is 0. The molecule has 2 aromatic rings. The van der Waals surface area contributed by atoms with Crippen molar-refractivity contribution in [2.45, 2.75) is 12.8 Å². The number of alkyl carbamates (subject to hydrolysis) is 1. The maximum absolute atomic E-state index is 11.6. The van der Waals surface area contributed by atoms with Gasteiger partial charge in [-0.1, -0.05) is 11.6 Å². The Morgan fingerprint density at radius 1 is 1.11 bits per heavy atom. The van der Waals surface area contributed by atoms with Gasteiger partial charge < -0.3 is 25.4 Å². The maximum Gasteiger partial charge on any atom is 1.00 e. The third-order valence-electron chi connectivity index (χ3n) is 2.97. The molecule has 140 valence electrons. The van der Waals surface area contributed by atoms with Crippen molar-refractivity contribution in [1.82, 2.24) is 5.32 Å². The van der Waals surface area contributed by atoms with Gasteiger partial charge in [-0.25, -0.2) is 9.59 Å². The number of amides is 1. The molecule has 0 saturated heterocycles. The van der Waals surface area contributed by atoms with Gasteiger partial charge in [0.15, 0.2) is 0 Å². The SMILES string of the molecule is O=C(CCCNC(=O)OCOC(=O)c1ccco1)Oc1ccc(Cl)cc1.[H-].[Na+].